The summed E-state index contributed by atoms with van der Waals surface area (Å²) in [4.78, 5) is 28.9. The van der Waals surface area contributed by atoms with Crippen LogP contribution in [-0.2, 0) is 11.2 Å². The highest BCUT2D eigenvalue weighted by Crippen LogP contribution is 2.23. The van der Waals surface area contributed by atoms with Gasteiger partial charge in [-0.25, -0.2) is 9.97 Å². The first-order valence-electron chi connectivity index (χ1n) is 9.42. The summed E-state index contributed by atoms with van der Waals surface area (Å²) in [6.07, 6.45) is 4.07. The lowest BCUT2D eigenvalue weighted by atomic mass is 9.97. The van der Waals surface area contributed by atoms with Crippen molar-refractivity contribution < 1.29 is 4.79 Å². The number of carbonyl (C=O) groups excluding carboxylic acids is 1. The Balaban J connectivity index is 0.00000160. The number of rotatable bonds is 5. The molecular weight excluding hydrogens is 447 g/mol. The molecule has 1 fully saturated rings. The fourth-order valence-corrected chi connectivity index (χ4v) is 3.81. The van der Waals surface area contributed by atoms with Gasteiger partial charge in [0.15, 0.2) is 0 Å². The summed E-state index contributed by atoms with van der Waals surface area (Å²) in [6, 6.07) is 9.58. The Labute approximate surface area is 192 Å². The Hall–Kier alpha value is -2.06. The van der Waals surface area contributed by atoms with Crippen LogP contribution in [0.25, 0.3) is 11.0 Å². The number of nitrogens with one attached hydrogen (secondary N) is 1. The molecule has 1 amide bonds. The number of H-pyrrole nitrogens is 1. The van der Waals surface area contributed by atoms with Crippen LogP contribution in [0.4, 0.5) is 5.82 Å². The van der Waals surface area contributed by atoms with Crippen LogP contribution in [-0.4, -0.2) is 58.5 Å². The fourth-order valence-electron chi connectivity index (χ4n) is 3.68. The summed E-state index contributed by atoms with van der Waals surface area (Å²) in [5.41, 5.74) is 7.82. The standard InChI is InChI=1S/C20H23ClN6O.2ClH/c21-16-3-1-14(2-4-16)11-15(12-22)20(28)27-9-7-26(8-10-27)19-17-5-6-23-18(17)24-13-25-19;;/h1-6,13,15H,7-12,22H2,(H,23,24,25);2*1H/t15-;;/m0../s1. The lowest BCUT2D eigenvalue weighted by Gasteiger charge is -2.37. The molecule has 1 aliphatic rings. The summed E-state index contributed by atoms with van der Waals surface area (Å²) >= 11 is 5.94. The third-order valence-corrected chi connectivity index (χ3v) is 5.50. The van der Waals surface area contributed by atoms with Gasteiger partial charge in [-0.05, 0) is 30.2 Å². The van der Waals surface area contributed by atoms with E-state index in [0.717, 1.165) is 35.5 Å². The Kier molecular flexibility index (Phi) is 8.73. The number of halogens is 3. The number of anilines is 1. The van der Waals surface area contributed by atoms with Gasteiger partial charge < -0.3 is 20.5 Å². The number of nitrogens with two attached hydrogens (primary N) is 1. The van der Waals surface area contributed by atoms with Gasteiger partial charge in [-0.15, -0.1) is 24.8 Å². The smallest absolute Gasteiger partial charge is 0.227 e. The molecule has 7 nitrogen and oxygen atoms in total. The minimum Gasteiger partial charge on any atom is -0.352 e. The molecule has 1 saturated heterocycles. The molecule has 0 spiro atoms. The van der Waals surface area contributed by atoms with Crippen molar-refractivity contribution in [3.8, 4) is 0 Å². The Bertz CT molecular complexity index is 957. The normalized spacial score (nSPS) is 14.7. The van der Waals surface area contributed by atoms with E-state index in [1.165, 1.54) is 0 Å². The number of carbonyl (C=O) groups is 1. The van der Waals surface area contributed by atoms with Crippen LogP contribution in [0.1, 0.15) is 5.56 Å². The molecule has 3 aromatic rings. The summed E-state index contributed by atoms with van der Waals surface area (Å²) in [5.74, 6) is 0.810. The molecule has 0 unspecified atom stereocenters. The SMILES string of the molecule is Cl.Cl.NC[C@H](Cc1ccc(Cl)cc1)C(=O)N1CCN(c2ncnc3[nH]ccc23)CC1. The van der Waals surface area contributed by atoms with Crippen LogP contribution >= 0.6 is 36.4 Å². The zero-order chi connectivity index (χ0) is 19.5. The molecule has 2 aromatic heterocycles. The number of fused-ring (bicyclic) bond motifs is 1. The van der Waals surface area contributed by atoms with Gasteiger partial charge >= 0.3 is 0 Å². The van der Waals surface area contributed by atoms with Gasteiger partial charge in [0.1, 0.15) is 17.8 Å². The van der Waals surface area contributed by atoms with Crippen LogP contribution in [0.5, 0.6) is 0 Å². The molecule has 3 heterocycles. The second kappa shape index (κ2) is 10.8. The zero-order valence-electron chi connectivity index (χ0n) is 16.3. The van der Waals surface area contributed by atoms with Crippen LogP contribution in [0.15, 0.2) is 42.9 Å². The predicted octanol–water partition coefficient (Wildman–Crippen LogP) is 2.92. The largest absolute Gasteiger partial charge is 0.352 e. The first kappa shape index (κ1) is 24.2. The van der Waals surface area contributed by atoms with Gasteiger partial charge in [-0.2, -0.15) is 0 Å². The third-order valence-electron chi connectivity index (χ3n) is 5.25. The van der Waals surface area contributed by atoms with E-state index >= 15 is 0 Å². The zero-order valence-corrected chi connectivity index (χ0v) is 18.7. The quantitative estimate of drug-likeness (QED) is 0.597. The van der Waals surface area contributed by atoms with Crippen molar-refractivity contribution in [1.82, 2.24) is 19.9 Å². The Morgan fingerprint density at radius 1 is 1.10 bits per heavy atom. The van der Waals surface area contributed by atoms with Crippen molar-refractivity contribution in [3.05, 3.63) is 53.4 Å². The molecule has 4 rings (SSSR count). The lowest BCUT2D eigenvalue weighted by Crippen LogP contribution is -2.51. The number of nitrogens with zero attached hydrogens (tertiary/aromatic N) is 4. The van der Waals surface area contributed by atoms with Crippen molar-refractivity contribution in [2.75, 3.05) is 37.6 Å². The molecular formula is C20H25Cl3N6O. The van der Waals surface area contributed by atoms with E-state index in [0.29, 0.717) is 31.1 Å². The maximum atomic E-state index is 13.0. The number of hydrogen-bond donors (Lipinski definition) is 2. The first-order chi connectivity index (χ1) is 13.7. The molecule has 0 saturated carbocycles. The number of aromatic amines is 1. The second-order valence-corrected chi connectivity index (χ2v) is 7.45. The molecule has 30 heavy (non-hydrogen) atoms. The first-order valence-corrected chi connectivity index (χ1v) is 9.80. The average Bonchev–Trinajstić information content (AvgIpc) is 3.22. The maximum absolute atomic E-state index is 13.0. The van der Waals surface area contributed by atoms with E-state index in [-0.39, 0.29) is 36.6 Å². The third kappa shape index (κ3) is 5.16. The molecule has 1 aliphatic heterocycles. The second-order valence-electron chi connectivity index (χ2n) is 7.01. The number of benzene rings is 1. The van der Waals surface area contributed by atoms with Crippen LogP contribution in [0.2, 0.25) is 5.02 Å². The van der Waals surface area contributed by atoms with Gasteiger partial charge in [0.05, 0.1) is 11.3 Å². The molecule has 0 aliphatic carbocycles. The van der Waals surface area contributed by atoms with Crippen LogP contribution < -0.4 is 10.6 Å². The molecule has 3 N–H and O–H groups in total. The number of aromatic nitrogens is 3. The van der Waals surface area contributed by atoms with E-state index < -0.39 is 0 Å². The summed E-state index contributed by atoms with van der Waals surface area (Å²) in [6.45, 7) is 3.12. The van der Waals surface area contributed by atoms with Crippen molar-refractivity contribution in [2.45, 2.75) is 6.42 Å². The summed E-state index contributed by atoms with van der Waals surface area (Å²) in [5, 5.41) is 1.70. The molecule has 1 atom stereocenters. The molecule has 0 radical (unpaired) electrons. The van der Waals surface area contributed by atoms with Crippen molar-refractivity contribution >= 4 is 59.2 Å². The van der Waals surface area contributed by atoms with E-state index in [2.05, 4.69) is 19.9 Å². The van der Waals surface area contributed by atoms with Gasteiger partial charge in [0, 0.05) is 43.9 Å². The molecule has 1 aromatic carbocycles. The Morgan fingerprint density at radius 2 is 1.80 bits per heavy atom. The maximum Gasteiger partial charge on any atom is 0.227 e. The van der Waals surface area contributed by atoms with Crippen LogP contribution in [0.3, 0.4) is 0 Å². The highest BCUT2D eigenvalue weighted by Gasteiger charge is 2.28. The lowest BCUT2D eigenvalue weighted by molar-refractivity contribution is -0.135. The van der Waals surface area contributed by atoms with Gasteiger partial charge in [-0.3, -0.25) is 4.79 Å². The van der Waals surface area contributed by atoms with E-state index in [1.807, 2.05) is 41.4 Å². The van der Waals surface area contributed by atoms with E-state index in [9.17, 15) is 4.79 Å². The molecule has 10 heteroatoms. The van der Waals surface area contributed by atoms with E-state index in [4.69, 9.17) is 17.3 Å². The van der Waals surface area contributed by atoms with Crippen molar-refractivity contribution in [1.29, 1.82) is 0 Å². The Morgan fingerprint density at radius 3 is 2.47 bits per heavy atom. The predicted molar refractivity (Wildman–Crippen MR) is 125 cm³/mol. The topological polar surface area (TPSA) is 91.1 Å². The monoisotopic (exact) mass is 470 g/mol. The van der Waals surface area contributed by atoms with Crippen molar-refractivity contribution in [2.24, 2.45) is 11.7 Å². The van der Waals surface area contributed by atoms with E-state index in [1.54, 1.807) is 6.33 Å². The molecule has 162 valence electrons. The van der Waals surface area contributed by atoms with Gasteiger partial charge in [-0.1, -0.05) is 23.7 Å². The van der Waals surface area contributed by atoms with Gasteiger partial charge in [0.2, 0.25) is 5.91 Å². The molecule has 0 bridgehead atoms. The average molecular weight is 472 g/mol. The summed E-state index contributed by atoms with van der Waals surface area (Å²) < 4.78 is 0. The van der Waals surface area contributed by atoms with Gasteiger partial charge in [0.25, 0.3) is 0 Å². The minimum absolute atomic E-state index is 0. The fraction of sp³-hybridized carbons (Fsp3) is 0.350. The number of hydrogen-bond acceptors (Lipinski definition) is 5. The van der Waals surface area contributed by atoms with Crippen molar-refractivity contribution in [3.63, 3.8) is 0 Å². The van der Waals surface area contributed by atoms with Crippen LogP contribution in [0, 0.1) is 5.92 Å². The highest BCUT2D eigenvalue weighted by molar-refractivity contribution is 6.30. The highest BCUT2D eigenvalue weighted by atomic mass is 35.5. The number of piperazine rings is 1. The summed E-state index contributed by atoms with van der Waals surface area (Å²) in [7, 11) is 0. The minimum atomic E-state index is -0.219. The number of amides is 1.